The topological polar surface area (TPSA) is 103 Å². The first-order chi connectivity index (χ1) is 17.4. The Morgan fingerprint density at radius 2 is 1.78 bits per heavy atom. The van der Waals surface area contributed by atoms with Gasteiger partial charge in [-0.05, 0) is 32.4 Å². The average molecular weight is 491 g/mol. The van der Waals surface area contributed by atoms with Crippen molar-refractivity contribution in [1.29, 1.82) is 0 Å². The molecule has 1 aromatic heterocycles. The van der Waals surface area contributed by atoms with Crippen molar-refractivity contribution in [2.24, 2.45) is 0 Å². The quantitative estimate of drug-likeness (QED) is 0.462. The molecule has 1 atom stereocenters. The number of ether oxygens (including phenoxy) is 2. The van der Waals surface area contributed by atoms with Gasteiger partial charge < -0.3 is 19.7 Å². The van der Waals surface area contributed by atoms with Crippen LogP contribution < -0.4 is 10.1 Å². The molecule has 0 spiro atoms. The standard InChI is InChI=1S/C27H30N4O5/c1-4-35-23-14-10-9-13-20(23)17-30-24(32)22-15-21(25(33)36-5-2)29-31(22)18-27(30,3)26(34)28-16-19-11-7-6-8-12-19/h6-15H,4-5,16-18H2,1-3H3,(H,28,34)/t27-/m0/s1. The molecule has 4 rings (SSSR count). The van der Waals surface area contributed by atoms with E-state index in [1.807, 2.05) is 61.5 Å². The zero-order chi connectivity index (χ0) is 25.7. The van der Waals surface area contributed by atoms with Gasteiger partial charge in [-0.2, -0.15) is 5.10 Å². The van der Waals surface area contributed by atoms with Gasteiger partial charge in [-0.1, -0.05) is 48.5 Å². The largest absolute Gasteiger partial charge is 0.494 e. The summed E-state index contributed by atoms with van der Waals surface area (Å²) in [5.41, 5.74) is 0.683. The lowest BCUT2D eigenvalue weighted by Crippen LogP contribution is -2.63. The molecule has 2 aromatic carbocycles. The number of hydrogen-bond donors (Lipinski definition) is 1. The summed E-state index contributed by atoms with van der Waals surface area (Å²) in [6.45, 7) is 6.49. The van der Waals surface area contributed by atoms with Crippen LogP contribution >= 0.6 is 0 Å². The number of amides is 2. The number of nitrogens with zero attached hydrogens (tertiary/aromatic N) is 3. The van der Waals surface area contributed by atoms with E-state index in [9.17, 15) is 14.4 Å². The number of fused-ring (bicyclic) bond motifs is 1. The van der Waals surface area contributed by atoms with Gasteiger partial charge in [-0.3, -0.25) is 14.3 Å². The van der Waals surface area contributed by atoms with Crippen LogP contribution in [0.3, 0.4) is 0 Å². The maximum Gasteiger partial charge on any atom is 0.358 e. The van der Waals surface area contributed by atoms with E-state index in [1.54, 1.807) is 13.8 Å². The van der Waals surface area contributed by atoms with Gasteiger partial charge in [0.15, 0.2) is 5.69 Å². The number of rotatable bonds is 9. The molecule has 0 fully saturated rings. The third kappa shape index (κ3) is 4.95. The third-order valence-electron chi connectivity index (χ3n) is 6.17. The van der Waals surface area contributed by atoms with E-state index in [0.717, 1.165) is 11.1 Å². The maximum absolute atomic E-state index is 13.8. The van der Waals surface area contributed by atoms with E-state index < -0.39 is 17.4 Å². The monoisotopic (exact) mass is 490 g/mol. The van der Waals surface area contributed by atoms with E-state index in [0.29, 0.717) is 18.9 Å². The van der Waals surface area contributed by atoms with Crippen molar-refractivity contribution in [3.8, 4) is 5.75 Å². The summed E-state index contributed by atoms with van der Waals surface area (Å²) >= 11 is 0. The number of hydrogen-bond acceptors (Lipinski definition) is 6. The predicted octanol–water partition coefficient (Wildman–Crippen LogP) is 3.19. The number of nitrogens with one attached hydrogen (secondary N) is 1. The van der Waals surface area contributed by atoms with Crippen molar-refractivity contribution in [1.82, 2.24) is 20.0 Å². The van der Waals surface area contributed by atoms with Crippen LogP contribution in [0, 0.1) is 0 Å². The summed E-state index contributed by atoms with van der Waals surface area (Å²) < 4.78 is 12.2. The molecule has 36 heavy (non-hydrogen) atoms. The number of benzene rings is 2. The fraction of sp³-hybridized carbons (Fsp3) is 0.333. The molecule has 0 saturated carbocycles. The smallest absolute Gasteiger partial charge is 0.358 e. The van der Waals surface area contributed by atoms with Crippen LogP contribution in [0.2, 0.25) is 0 Å². The molecule has 1 N–H and O–H groups in total. The van der Waals surface area contributed by atoms with Crippen LogP contribution in [0.15, 0.2) is 60.7 Å². The molecule has 1 aliphatic rings. The van der Waals surface area contributed by atoms with Crippen LogP contribution in [0.25, 0.3) is 0 Å². The van der Waals surface area contributed by atoms with Gasteiger partial charge in [0.05, 0.1) is 26.3 Å². The van der Waals surface area contributed by atoms with Gasteiger partial charge in [-0.15, -0.1) is 0 Å². The summed E-state index contributed by atoms with van der Waals surface area (Å²) in [5, 5.41) is 7.26. The number of carbonyl (C=O) groups is 3. The van der Waals surface area contributed by atoms with Crippen molar-refractivity contribution < 1.29 is 23.9 Å². The van der Waals surface area contributed by atoms with Crippen LogP contribution in [0.5, 0.6) is 5.75 Å². The lowest BCUT2D eigenvalue weighted by atomic mass is 9.93. The lowest BCUT2D eigenvalue weighted by molar-refractivity contribution is -0.133. The number of esters is 1. The van der Waals surface area contributed by atoms with Crippen molar-refractivity contribution >= 4 is 17.8 Å². The van der Waals surface area contributed by atoms with E-state index in [4.69, 9.17) is 9.47 Å². The molecule has 0 bridgehead atoms. The Morgan fingerprint density at radius 3 is 2.50 bits per heavy atom. The number of carbonyl (C=O) groups excluding carboxylic acids is 3. The lowest BCUT2D eigenvalue weighted by Gasteiger charge is -2.43. The molecule has 0 saturated heterocycles. The highest BCUT2D eigenvalue weighted by atomic mass is 16.5. The first-order valence-electron chi connectivity index (χ1n) is 12.0. The molecule has 1 aliphatic heterocycles. The molecule has 3 aromatic rings. The SMILES string of the molecule is CCOC(=O)c1cc2n(n1)C[C@@](C)(C(=O)NCc1ccccc1)N(Cc1ccccc1OCC)C2=O. The minimum atomic E-state index is -1.28. The van der Waals surface area contributed by atoms with Crippen molar-refractivity contribution in [3.05, 3.63) is 83.2 Å². The molecule has 2 amide bonds. The average Bonchev–Trinajstić information content (AvgIpc) is 3.31. The molecule has 0 unspecified atom stereocenters. The van der Waals surface area contributed by atoms with Crippen LogP contribution in [-0.2, 0) is 29.2 Å². The summed E-state index contributed by atoms with van der Waals surface area (Å²) in [5.74, 6) is -0.706. The van der Waals surface area contributed by atoms with Crippen molar-refractivity contribution in [2.45, 2.75) is 45.9 Å². The van der Waals surface area contributed by atoms with Gasteiger partial charge in [-0.25, -0.2) is 4.79 Å². The van der Waals surface area contributed by atoms with Gasteiger partial charge in [0.1, 0.15) is 17.0 Å². The second kappa shape index (κ2) is 10.6. The van der Waals surface area contributed by atoms with E-state index in [1.165, 1.54) is 15.6 Å². The van der Waals surface area contributed by atoms with E-state index >= 15 is 0 Å². The molecule has 2 heterocycles. The molecular weight excluding hydrogens is 460 g/mol. The van der Waals surface area contributed by atoms with Gasteiger partial charge in [0.25, 0.3) is 5.91 Å². The minimum absolute atomic E-state index is 0.0313. The van der Waals surface area contributed by atoms with Crippen LogP contribution in [0.4, 0.5) is 0 Å². The highest BCUT2D eigenvalue weighted by molar-refractivity contribution is 6.01. The summed E-state index contributed by atoms with van der Waals surface area (Å²) in [6, 6.07) is 18.4. The van der Waals surface area contributed by atoms with Gasteiger partial charge in [0.2, 0.25) is 5.91 Å². The van der Waals surface area contributed by atoms with Crippen LogP contribution in [0.1, 0.15) is 52.9 Å². The first-order valence-corrected chi connectivity index (χ1v) is 12.0. The second-order valence-electron chi connectivity index (χ2n) is 8.67. The predicted molar refractivity (Wildman–Crippen MR) is 132 cm³/mol. The molecular formula is C27H30N4O5. The Kier molecular flexibility index (Phi) is 7.38. The van der Waals surface area contributed by atoms with E-state index in [-0.39, 0.29) is 37.0 Å². The van der Waals surface area contributed by atoms with Crippen LogP contribution in [-0.4, -0.2) is 51.2 Å². The second-order valence-corrected chi connectivity index (χ2v) is 8.67. The summed E-state index contributed by atoms with van der Waals surface area (Å²) in [7, 11) is 0. The zero-order valence-electron chi connectivity index (χ0n) is 20.7. The summed E-state index contributed by atoms with van der Waals surface area (Å²) in [6.07, 6.45) is 0. The van der Waals surface area contributed by atoms with Gasteiger partial charge in [0, 0.05) is 18.2 Å². The Hall–Kier alpha value is -4.14. The van der Waals surface area contributed by atoms with Gasteiger partial charge >= 0.3 is 5.97 Å². The minimum Gasteiger partial charge on any atom is -0.494 e. The molecule has 9 heteroatoms. The molecule has 0 radical (unpaired) electrons. The van der Waals surface area contributed by atoms with Crippen molar-refractivity contribution in [3.63, 3.8) is 0 Å². The molecule has 188 valence electrons. The number of para-hydroxylation sites is 1. The Labute approximate surface area is 210 Å². The summed E-state index contributed by atoms with van der Waals surface area (Å²) in [4.78, 5) is 41.2. The zero-order valence-corrected chi connectivity index (χ0v) is 20.7. The fourth-order valence-corrected chi connectivity index (χ4v) is 4.26. The normalized spacial score (nSPS) is 16.9. The molecule has 9 nitrogen and oxygen atoms in total. The third-order valence-corrected chi connectivity index (χ3v) is 6.17. The Balaban J connectivity index is 1.70. The highest BCUT2D eigenvalue weighted by Gasteiger charge is 2.48. The van der Waals surface area contributed by atoms with Crippen molar-refractivity contribution in [2.75, 3.05) is 13.2 Å². The Bertz CT molecular complexity index is 1260. The first kappa shape index (κ1) is 25.0. The highest BCUT2D eigenvalue weighted by Crippen LogP contribution is 2.31. The number of aromatic nitrogens is 2. The van der Waals surface area contributed by atoms with E-state index in [2.05, 4.69) is 10.4 Å². The molecule has 0 aliphatic carbocycles. The maximum atomic E-state index is 13.8. The fourth-order valence-electron chi connectivity index (χ4n) is 4.26. The Morgan fingerprint density at radius 1 is 1.06 bits per heavy atom.